The number of anilines is 1. The maximum absolute atomic E-state index is 11.8. The van der Waals surface area contributed by atoms with E-state index >= 15 is 0 Å². The van der Waals surface area contributed by atoms with Crippen molar-refractivity contribution in [2.24, 2.45) is 5.73 Å². The average Bonchev–Trinajstić information content (AvgIpc) is 2.18. The van der Waals surface area contributed by atoms with Crippen molar-refractivity contribution < 1.29 is 9.18 Å². The molecule has 4 heteroatoms. The molecule has 0 atom stereocenters. The quantitative estimate of drug-likeness (QED) is 0.734. The first-order valence-corrected chi connectivity index (χ1v) is 3.91. The molecule has 3 N–H and O–H groups in total. The summed E-state index contributed by atoms with van der Waals surface area (Å²) in [6, 6.07) is 7.00. The van der Waals surface area contributed by atoms with Crippen LogP contribution in [0.25, 0.3) is 0 Å². The van der Waals surface area contributed by atoms with Gasteiger partial charge in [0.2, 0.25) is 0 Å². The van der Waals surface area contributed by atoms with Gasteiger partial charge < -0.3 is 11.1 Å². The normalized spacial score (nSPS) is 9.69. The molecule has 0 saturated heterocycles. The van der Waals surface area contributed by atoms with Gasteiger partial charge in [-0.2, -0.15) is 0 Å². The second-order valence-electron chi connectivity index (χ2n) is 2.59. The van der Waals surface area contributed by atoms with Gasteiger partial charge in [0, 0.05) is 12.2 Å². The van der Waals surface area contributed by atoms with Crippen LogP contribution in [0.2, 0.25) is 0 Å². The number of halogens is 1. The lowest BCUT2D eigenvalue weighted by molar-refractivity contribution is -0.117. The molecule has 0 aromatic heterocycles. The summed E-state index contributed by atoms with van der Waals surface area (Å²) < 4.78 is 11.8. The van der Waals surface area contributed by atoms with Crippen LogP contribution in [0.1, 0.15) is 5.56 Å². The monoisotopic (exact) mass is 182 g/mol. The summed E-state index contributed by atoms with van der Waals surface area (Å²) in [5.74, 6) is -0.644. The molecule has 0 unspecified atom stereocenters. The molecule has 70 valence electrons. The minimum Gasteiger partial charge on any atom is -0.326 e. The molecule has 0 aliphatic carbocycles. The Hall–Kier alpha value is -1.42. The van der Waals surface area contributed by atoms with Crippen molar-refractivity contribution in [2.75, 3.05) is 12.0 Å². The molecule has 3 nitrogen and oxygen atoms in total. The summed E-state index contributed by atoms with van der Waals surface area (Å²) in [6.45, 7) is -0.605. The number of carbonyl (C=O) groups is 1. The molecule has 0 bridgehead atoms. The molecule has 0 spiro atoms. The van der Waals surface area contributed by atoms with Crippen LogP contribution in [0.5, 0.6) is 0 Å². The predicted molar refractivity (Wildman–Crippen MR) is 48.9 cm³/mol. The van der Waals surface area contributed by atoms with Gasteiger partial charge in [0.15, 0.2) is 6.67 Å². The van der Waals surface area contributed by atoms with Crippen LogP contribution in [-0.4, -0.2) is 12.6 Å². The maximum atomic E-state index is 11.8. The maximum Gasteiger partial charge on any atom is 0.255 e. The van der Waals surface area contributed by atoms with E-state index in [4.69, 9.17) is 5.73 Å². The molecular weight excluding hydrogens is 171 g/mol. The zero-order valence-electron chi connectivity index (χ0n) is 7.09. The van der Waals surface area contributed by atoms with Crippen LogP contribution >= 0.6 is 0 Å². The van der Waals surface area contributed by atoms with Gasteiger partial charge in [0.1, 0.15) is 0 Å². The van der Waals surface area contributed by atoms with Gasteiger partial charge in [0.25, 0.3) is 5.91 Å². The number of benzene rings is 1. The third kappa shape index (κ3) is 2.83. The van der Waals surface area contributed by atoms with E-state index < -0.39 is 12.6 Å². The Bertz CT molecular complexity index is 301. The lowest BCUT2D eigenvalue weighted by atomic mass is 10.2. The number of amides is 1. The Morgan fingerprint density at radius 2 is 2.31 bits per heavy atom. The van der Waals surface area contributed by atoms with Crippen molar-refractivity contribution in [3.63, 3.8) is 0 Å². The Kier molecular flexibility index (Phi) is 3.40. The Balaban J connectivity index is 2.71. The topological polar surface area (TPSA) is 55.1 Å². The third-order valence-electron chi connectivity index (χ3n) is 1.57. The van der Waals surface area contributed by atoms with E-state index in [1.165, 1.54) is 0 Å². The van der Waals surface area contributed by atoms with Crippen LogP contribution in [0, 0.1) is 0 Å². The van der Waals surface area contributed by atoms with Crippen molar-refractivity contribution in [2.45, 2.75) is 6.54 Å². The van der Waals surface area contributed by atoms with Crippen molar-refractivity contribution in [3.05, 3.63) is 29.8 Å². The van der Waals surface area contributed by atoms with Gasteiger partial charge in [-0.05, 0) is 17.7 Å². The predicted octanol–water partition coefficient (Wildman–Crippen LogP) is 1.05. The summed E-state index contributed by atoms with van der Waals surface area (Å²) in [4.78, 5) is 10.7. The first-order chi connectivity index (χ1) is 6.26. The number of carbonyl (C=O) groups excluding carboxylic acids is 1. The van der Waals surface area contributed by atoms with Crippen molar-refractivity contribution >= 4 is 11.6 Å². The van der Waals surface area contributed by atoms with Gasteiger partial charge >= 0.3 is 0 Å². The van der Waals surface area contributed by atoms with E-state index in [-0.39, 0.29) is 0 Å². The van der Waals surface area contributed by atoms with Gasteiger partial charge in [-0.25, -0.2) is 4.39 Å². The molecule has 1 aromatic carbocycles. The van der Waals surface area contributed by atoms with Gasteiger partial charge in [0.05, 0.1) is 0 Å². The van der Waals surface area contributed by atoms with Crippen molar-refractivity contribution in [3.8, 4) is 0 Å². The van der Waals surface area contributed by atoms with Gasteiger partial charge in [-0.3, -0.25) is 4.79 Å². The molecule has 0 aliphatic heterocycles. The molecule has 0 aliphatic rings. The Morgan fingerprint density at radius 1 is 1.54 bits per heavy atom. The summed E-state index contributed by atoms with van der Waals surface area (Å²) in [5, 5.41) is 2.40. The van der Waals surface area contributed by atoms with Crippen molar-refractivity contribution in [1.29, 1.82) is 0 Å². The van der Waals surface area contributed by atoms with Crippen LogP contribution in [0.4, 0.5) is 10.1 Å². The minimum absolute atomic E-state index is 0.402. The first-order valence-electron chi connectivity index (χ1n) is 3.91. The molecule has 13 heavy (non-hydrogen) atoms. The second kappa shape index (κ2) is 4.57. The molecule has 0 radical (unpaired) electrons. The molecule has 0 fully saturated rings. The van der Waals surface area contributed by atoms with E-state index in [0.29, 0.717) is 12.2 Å². The molecule has 0 saturated carbocycles. The van der Waals surface area contributed by atoms with E-state index in [1.807, 2.05) is 6.07 Å². The van der Waals surface area contributed by atoms with Gasteiger partial charge in [-0.15, -0.1) is 0 Å². The molecule has 1 rings (SSSR count). The fourth-order valence-corrected chi connectivity index (χ4v) is 0.970. The fraction of sp³-hybridized carbons (Fsp3) is 0.222. The number of hydrogen-bond acceptors (Lipinski definition) is 2. The number of hydrogen-bond donors (Lipinski definition) is 2. The van der Waals surface area contributed by atoms with Crippen LogP contribution in [-0.2, 0) is 11.3 Å². The molecule has 1 amide bonds. The lowest BCUT2D eigenvalue weighted by Gasteiger charge is -2.03. The van der Waals surface area contributed by atoms with Crippen LogP contribution < -0.4 is 11.1 Å². The second-order valence-corrected chi connectivity index (χ2v) is 2.59. The summed E-state index contributed by atoms with van der Waals surface area (Å²) in [6.07, 6.45) is 0. The first kappa shape index (κ1) is 9.67. The Morgan fingerprint density at radius 3 is 2.92 bits per heavy atom. The molecular formula is C9H11FN2O. The fourth-order valence-electron chi connectivity index (χ4n) is 0.970. The molecule has 0 heterocycles. The third-order valence-corrected chi connectivity index (χ3v) is 1.57. The zero-order valence-corrected chi connectivity index (χ0v) is 7.09. The van der Waals surface area contributed by atoms with Crippen molar-refractivity contribution in [1.82, 2.24) is 0 Å². The summed E-state index contributed by atoms with van der Waals surface area (Å²) in [7, 11) is 0. The van der Waals surface area contributed by atoms with E-state index in [9.17, 15) is 9.18 Å². The average molecular weight is 182 g/mol. The standard InChI is InChI=1S/C9H11FN2O/c10-5-9(13)12-8-3-1-2-7(4-8)6-11/h1-4H,5-6,11H2,(H,12,13). The number of alkyl halides is 1. The number of nitrogens with one attached hydrogen (secondary N) is 1. The summed E-state index contributed by atoms with van der Waals surface area (Å²) >= 11 is 0. The number of rotatable bonds is 3. The highest BCUT2D eigenvalue weighted by Gasteiger charge is 2.00. The molecule has 1 aromatic rings. The lowest BCUT2D eigenvalue weighted by Crippen LogP contribution is -2.13. The van der Waals surface area contributed by atoms with E-state index in [2.05, 4.69) is 5.32 Å². The minimum atomic E-state index is -1.01. The SMILES string of the molecule is NCc1cccc(NC(=O)CF)c1. The van der Waals surface area contributed by atoms with E-state index in [0.717, 1.165) is 5.56 Å². The highest BCUT2D eigenvalue weighted by Crippen LogP contribution is 2.09. The highest BCUT2D eigenvalue weighted by molar-refractivity contribution is 5.91. The number of nitrogens with two attached hydrogens (primary N) is 1. The van der Waals surface area contributed by atoms with Crippen LogP contribution in [0.3, 0.4) is 0 Å². The van der Waals surface area contributed by atoms with Crippen LogP contribution in [0.15, 0.2) is 24.3 Å². The smallest absolute Gasteiger partial charge is 0.255 e. The Labute approximate surface area is 75.7 Å². The highest BCUT2D eigenvalue weighted by atomic mass is 19.1. The largest absolute Gasteiger partial charge is 0.326 e. The van der Waals surface area contributed by atoms with E-state index in [1.54, 1.807) is 18.2 Å². The summed E-state index contributed by atoms with van der Waals surface area (Å²) in [5.41, 5.74) is 6.87. The zero-order chi connectivity index (χ0) is 9.68. The van der Waals surface area contributed by atoms with Gasteiger partial charge in [-0.1, -0.05) is 12.1 Å².